The van der Waals surface area contributed by atoms with Crippen LogP contribution in [0.3, 0.4) is 0 Å². The number of pyridine rings is 1. The van der Waals surface area contributed by atoms with Crippen molar-refractivity contribution in [1.82, 2.24) is 9.88 Å². The van der Waals surface area contributed by atoms with Gasteiger partial charge in [-0.15, -0.1) is 0 Å². The Bertz CT molecular complexity index is 690. The summed E-state index contributed by atoms with van der Waals surface area (Å²) in [6, 6.07) is 11.2. The second-order valence-corrected chi connectivity index (χ2v) is 5.94. The van der Waals surface area contributed by atoms with E-state index in [-0.39, 0.29) is 12.5 Å². The molecule has 1 aliphatic rings. The van der Waals surface area contributed by atoms with Crippen LogP contribution in [-0.2, 0) is 6.61 Å². The third kappa shape index (κ3) is 3.13. The summed E-state index contributed by atoms with van der Waals surface area (Å²) in [5, 5.41) is 9.88. The Kier molecular flexibility index (Phi) is 4.41. The van der Waals surface area contributed by atoms with Crippen LogP contribution in [0.5, 0.6) is 0 Å². The number of benzene rings is 1. The van der Waals surface area contributed by atoms with Gasteiger partial charge in [0, 0.05) is 30.2 Å². The average molecular weight is 317 g/mol. The summed E-state index contributed by atoms with van der Waals surface area (Å²) in [5.41, 5.74) is 2.25. The minimum atomic E-state index is -0.0893. The maximum absolute atomic E-state index is 12.5. The van der Waals surface area contributed by atoms with Crippen molar-refractivity contribution in [3.8, 4) is 0 Å². The Balaban J connectivity index is 1.73. The van der Waals surface area contributed by atoms with Crippen LogP contribution >= 0.6 is 11.6 Å². The van der Waals surface area contributed by atoms with E-state index < -0.39 is 0 Å². The van der Waals surface area contributed by atoms with E-state index in [1.54, 1.807) is 18.3 Å². The van der Waals surface area contributed by atoms with E-state index in [9.17, 15) is 4.79 Å². The second-order valence-electron chi connectivity index (χ2n) is 5.50. The Morgan fingerprint density at radius 1 is 1.36 bits per heavy atom. The van der Waals surface area contributed by atoms with Crippen molar-refractivity contribution in [2.75, 3.05) is 13.1 Å². The molecule has 0 spiro atoms. The SMILES string of the molecule is O=C(c1cc(CO)ccn1)N1CC[C@H](c2cccc(Cl)c2)C1. The highest BCUT2D eigenvalue weighted by molar-refractivity contribution is 6.30. The van der Waals surface area contributed by atoms with Gasteiger partial charge in [-0.1, -0.05) is 23.7 Å². The number of halogens is 1. The molecule has 3 rings (SSSR count). The first-order valence-corrected chi connectivity index (χ1v) is 7.65. The van der Waals surface area contributed by atoms with Crippen LogP contribution in [0.15, 0.2) is 42.6 Å². The first-order chi connectivity index (χ1) is 10.7. The fraction of sp³-hybridized carbons (Fsp3) is 0.294. The van der Waals surface area contributed by atoms with Crippen LogP contribution in [0.2, 0.25) is 5.02 Å². The zero-order chi connectivity index (χ0) is 15.5. The number of hydrogen-bond donors (Lipinski definition) is 1. The lowest BCUT2D eigenvalue weighted by Crippen LogP contribution is -2.29. The van der Waals surface area contributed by atoms with Crippen molar-refractivity contribution in [1.29, 1.82) is 0 Å². The molecule has 0 radical (unpaired) electrons. The number of aliphatic hydroxyl groups is 1. The zero-order valence-electron chi connectivity index (χ0n) is 12.1. The van der Waals surface area contributed by atoms with Crippen molar-refractivity contribution < 1.29 is 9.90 Å². The van der Waals surface area contributed by atoms with E-state index in [2.05, 4.69) is 11.1 Å². The van der Waals surface area contributed by atoms with Gasteiger partial charge < -0.3 is 10.0 Å². The van der Waals surface area contributed by atoms with Gasteiger partial charge in [0.2, 0.25) is 0 Å². The van der Waals surface area contributed by atoms with E-state index in [1.165, 1.54) is 5.56 Å². The van der Waals surface area contributed by atoms with E-state index in [0.717, 1.165) is 11.4 Å². The Labute approximate surface area is 134 Å². The van der Waals surface area contributed by atoms with E-state index in [0.29, 0.717) is 30.3 Å². The monoisotopic (exact) mass is 316 g/mol. The minimum Gasteiger partial charge on any atom is -0.392 e. The molecule has 2 heterocycles. The quantitative estimate of drug-likeness (QED) is 0.947. The van der Waals surface area contributed by atoms with E-state index in [4.69, 9.17) is 16.7 Å². The van der Waals surface area contributed by atoms with Gasteiger partial charge in [-0.3, -0.25) is 9.78 Å². The van der Waals surface area contributed by atoms with Crippen LogP contribution < -0.4 is 0 Å². The first-order valence-electron chi connectivity index (χ1n) is 7.28. The molecule has 0 aliphatic carbocycles. The molecule has 22 heavy (non-hydrogen) atoms. The van der Waals surface area contributed by atoms with Crippen LogP contribution in [-0.4, -0.2) is 34.0 Å². The Morgan fingerprint density at radius 3 is 3.00 bits per heavy atom. The molecule has 2 aromatic rings. The van der Waals surface area contributed by atoms with Gasteiger partial charge in [0.25, 0.3) is 5.91 Å². The molecule has 1 aromatic carbocycles. The van der Waals surface area contributed by atoms with E-state index in [1.807, 2.05) is 23.1 Å². The predicted molar refractivity (Wildman–Crippen MR) is 84.9 cm³/mol. The maximum Gasteiger partial charge on any atom is 0.272 e. The Morgan fingerprint density at radius 2 is 2.23 bits per heavy atom. The summed E-state index contributed by atoms with van der Waals surface area (Å²) in [6.45, 7) is 1.29. The molecule has 0 unspecified atom stereocenters. The Hall–Kier alpha value is -1.91. The van der Waals surface area contributed by atoms with Crippen molar-refractivity contribution >= 4 is 17.5 Å². The molecule has 4 nitrogen and oxygen atoms in total. The molecule has 1 amide bonds. The van der Waals surface area contributed by atoms with Gasteiger partial charge in [0.05, 0.1) is 6.61 Å². The van der Waals surface area contributed by atoms with Gasteiger partial charge in [-0.05, 0) is 41.8 Å². The first kappa shape index (κ1) is 15.0. The van der Waals surface area contributed by atoms with Gasteiger partial charge >= 0.3 is 0 Å². The summed E-state index contributed by atoms with van der Waals surface area (Å²) < 4.78 is 0. The van der Waals surface area contributed by atoms with Crippen molar-refractivity contribution in [3.05, 3.63) is 64.4 Å². The number of carbonyl (C=O) groups is 1. The lowest BCUT2D eigenvalue weighted by molar-refractivity contribution is 0.0785. The number of amides is 1. The minimum absolute atomic E-state index is 0.0835. The molecule has 1 N–H and O–H groups in total. The van der Waals surface area contributed by atoms with Crippen molar-refractivity contribution in [3.63, 3.8) is 0 Å². The molecule has 5 heteroatoms. The molecule has 1 aliphatic heterocycles. The molecule has 0 saturated carbocycles. The number of nitrogens with zero attached hydrogens (tertiary/aromatic N) is 2. The summed E-state index contributed by atoms with van der Waals surface area (Å²) in [7, 11) is 0. The van der Waals surface area contributed by atoms with Gasteiger partial charge in [-0.25, -0.2) is 0 Å². The number of hydrogen-bond acceptors (Lipinski definition) is 3. The number of aliphatic hydroxyl groups excluding tert-OH is 1. The molecule has 1 saturated heterocycles. The molecule has 1 fully saturated rings. The predicted octanol–water partition coefficient (Wildman–Crippen LogP) is 2.86. The molecule has 0 bridgehead atoms. The normalized spacial score (nSPS) is 17.7. The third-order valence-corrected chi connectivity index (χ3v) is 4.26. The summed E-state index contributed by atoms with van der Waals surface area (Å²) in [5.74, 6) is 0.225. The molecular weight excluding hydrogens is 300 g/mol. The largest absolute Gasteiger partial charge is 0.392 e. The summed E-state index contributed by atoms with van der Waals surface area (Å²) in [6.07, 6.45) is 2.48. The fourth-order valence-corrected chi connectivity index (χ4v) is 3.03. The molecule has 114 valence electrons. The highest BCUT2D eigenvalue weighted by Gasteiger charge is 2.28. The standard InChI is InChI=1S/C17H17ClN2O2/c18-15-3-1-2-13(9-15)14-5-7-20(10-14)17(22)16-8-12(11-21)4-6-19-16/h1-4,6,8-9,14,21H,5,7,10-11H2/t14-/m0/s1. The molecular formula is C17H17ClN2O2. The van der Waals surface area contributed by atoms with Crippen LogP contribution in [0.1, 0.15) is 34.0 Å². The van der Waals surface area contributed by atoms with Crippen LogP contribution in [0, 0.1) is 0 Å². The number of likely N-dealkylation sites (tertiary alicyclic amines) is 1. The number of rotatable bonds is 3. The lowest BCUT2D eigenvalue weighted by atomic mass is 9.99. The van der Waals surface area contributed by atoms with Gasteiger partial charge in [0.15, 0.2) is 0 Å². The zero-order valence-corrected chi connectivity index (χ0v) is 12.8. The second kappa shape index (κ2) is 6.46. The van der Waals surface area contributed by atoms with Crippen LogP contribution in [0.4, 0.5) is 0 Å². The molecule has 1 aromatic heterocycles. The average Bonchev–Trinajstić information content (AvgIpc) is 3.04. The third-order valence-electron chi connectivity index (χ3n) is 4.02. The fourth-order valence-electron chi connectivity index (χ4n) is 2.83. The van der Waals surface area contributed by atoms with Gasteiger partial charge in [-0.2, -0.15) is 0 Å². The van der Waals surface area contributed by atoms with Gasteiger partial charge in [0.1, 0.15) is 5.69 Å². The molecule has 1 atom stereocenters. The topological polar surface area (TPSA) is 53.4 Å². The van der Waals surface area contributed by atoms with Crippen LogP contribution in [0.25, 0.3) is 0 Å². The number of aromatic nitrogens is 1. The lowest BCUT2D eigenvalue weighted by Gasteiger charge is -2.16. The summed E-state index contributed by atoms with van der Waals surface area (Å²) >= 11 is 6.04. The van der Waals surface area contributed by atoms with Crippen molar-refractivity contribution in [2.24, 2.45) is 0 Å². The number of carbonyl (C=O) groups excluding carboxylic acids is 1. The van der Waals surface area contributed by atoms with Crippen molar-refractivity contribution in [2.45, 2.75) is 18.9 Å². The smallest absolute Gasteiger partial charge is 0.272 e. The van der Waals surface area contributed by atoms with E-state index >= 15 is 0 Å². The summed E-state index contributed by atoms with van der Waals surface area (Å²) in [4.78, 5) is 18.4. The maximum atomic E-state index is 12.5. The highest BCUT2D eigenvalue weighted by atomic mass is 35.5. The highest BCUT2D eigenvalue weighted by Crippen LogP contribution is 2.29.